The number of anilines is 1. The van der Waals surface area contributed by atoms with E-state index in [0.717, 1.165) is 5.92 Å². The van der Waals surface area contributed by atoms with Crippen molar-refractivity contribution in [3.63, 3.8) is 0 Å². The van der Waals surface area contributed by atoms with Crippen LogP contribution in [0.25, 0.3) is 0 Å². The third-order valence-corrected chi connectivity index (χ3v) is 4.34. The summed E-state index contributed by atoms with van der Waals surface area (Å²) in [7, 11) is 0. The number of hydrogen-bond acceptors (Lipinski definition) is 2. The molecule has 1 aromatic rings. The Morgan fingerprint density at radius 1 is 1.53 bits per heavy atom. The first-order valence-corrected chi connectivity index (χ1v) is 7.21. The van der Waals surface area contributed by atoms with Crippen LogP contribution in [0.2, 0.25) is 0 Å². The zero-order valence-corrected chi connectivity index (χ0v) is 12.2. The molecule has 0 amide bonds. The molecule has 1 heterocycles. The summed E-state index contributed by atoms with van der Waals surface area (Å²) in [5.74, 6) is 0.856. The van der Waals surface area contributed by atoms with Crippen LogP contribution in [0.15, 0.2) is 22.7 Å². The number of nitrogens with two attached hydrogens (primary N) is 1. The fraction of sp³-hybridized carbons (Fsp3) is 0.571. The molecule has 17 heavy (non-hydrogen) atoms. The van der Waals surface area contributed by atoms with Crippen molar-refractivity contribution in [3.05, 3.63) is 28.2 Å². The minimum absolute atomic E-state index is 0.0994. The zero-order chi connectivity index (χ0) is 12.4. The van der Waals surface area contributed by atoms with E-state index >= 15 is 0 Å². The highest BCUT2D eigenvalue weighted by atomic mass is 79.9. The van der Waals surface area contributed by atoms with Gasteiger partial charge in [-0.1, -0.05) is 19.4 Å². The first-order valence-electron chi connectivity index (χ1n) is 6.41. The Morgan fingerprint density at radius 2 is 2.29 bits per heavy atom. The summed E-state index contributed by atoms with van der Waals surface area (Å²) in [4.78, 5) is 2.48. The maximum absolute atomic E-state index is 5.90. The van der Waals surface area contributed by atoms with Gasteiger partial charge in [-0.15, -0.1) is 0 Å². The van der Waals surface area contributed by atoms with E-state index in [0.29, 0.717) is 0 Å². The summed E-state index contributed by atoms with van der Waals surface area (Å²) in [5, 5.41) is 0. The third-order valence-electron chi connectivity index (χ3n) is 3.70. The second-order valence-electron chi connectivity index (χ2n) is 5.01. The monoisotopic (exact) mass is 296 g/mol. The quantitative estimate of drug-likeness (QED) is 0.921. The van der Waals surface area contributed by atoms with Crippen molar-refractivity contribution in [2.45, 2.75) is 32.7 Å². The molecule has 1 aromatic carbocycles. The summed E-state index contributed by atoms with van der Waals surface area (Å²) in [5.41, 5.74) is 8.39. The molecule has 94 valence electrons. The van der Waals surface area contributed by atoms with Gasteiger partial charge in [0.25, 0.3) is 0 Å². The standard InChI is InChI=1S/C14H21BrN2/c1-3-11-6-7-17(9-11)14-5-4-12(10(2)16)8-13(14)15/h4-5,8,10-11H,3,6-7,9,16H2,1-2H3/t10-,11?/m0/s1. The van der Waals surface area contributed by atoms with Crippen molar-refractivity contribution in [3.8, 4) is 0 Å². The van der Waals surface area contributed by atoms with E-state index in [2.05, 4.69) is 46.0 Å². The predicted molar refractivity (Wildman–Crippen MR) is 77.4 cm³/mol. The Kier molecular flexibility index (Phi) is 4.10. The highest BCUT2D eigenvalue weighted by molar-refractivity contribution is 9.10. The first kappa shape index (κ1) is 12.9. The lowest BCUT2D eigenvalue weighted by Gasteiger charge is -2.21. The highest BCUT2D eigenvalue weighted by Gasteiger charge is 2.22. The van der Waals surface area contributed by atoms with Crippen LogP contribution in [-0.4, -0.2) is 13.1 Å². The minimum Gasteiger partial charge on any atom is -0.370 e. The van der Waals surface area contributed by atoms with Gasteiger partial charge in [0.1, 0.15) is 0 Å². The lowest BCUT2D eigenvalue weighted by molar-refractivity contribution is 0.569. The molecule has 0 spiro atoms. The Bertz CT molecular complexity index is 390. The van der Waals surface area contributed by atoms with Crippen molar-refractivity contribution in [2.75, 3.05) is 18.0 Å². The lowest BCUT2D eigenvalue weighted by Crippen LogP contribution is -2.20. The second kappa shape index (κ2) is 5.40. The number of halogens is 1. The van der Waals surface area contributed by atoms with Gasteiger partial charge in [-0.3, -0.25) is 0 Å². The van der Waals surface area contributed by atoms with Gasteiger partial charge in [-0.25, -0.2) is 0 Å². The largest absolute Gasteiger partial charge is 0.370 e. The van der Waals surface area contributed by atoms with E-state index in [1.807, 2.05) is 6.92 Å². The highest BCUT2D eigenvalue weighted by Crippen LogP contribution is 2.33. The molecular formula is C14H21BrN2. The topological polar surface area (TPSA) is 29.3 Å². The van der Waals surface area contributed by atoms with Crippen LogP contribution in [0.4, 0.5) is 5.69 Å². The molecule has 1 fully saturated rings. The molecule has 1 aliphatic heterocycles. The maximum Gasteiger partial charge on any atom is 0.0510 e. The Hall–Kier alpha value is -0.540. The number of hydrogen-bond donors (Lipinski definition) is 1. The predicted octanol–water partition coefficient (Wildman–Crippen LogP) is 3.71. The van der Waals surface area contributed by atoms with Crippen LogP contribution in [-0.2, 0) is 0 Å². The normalized spacial score (nSPS) is 21.9. The first-order chi connectivity index (χ1) is 8.11. The van der Waals surface area contributed by atoms with Crippen molar-refractivity contribution in [1.29, 1.82) is 0 Å². The van der Waals surface area contributed by atoms with Crippen LogP contribution in [0.5, 0.6) is 0 Å². The maximum atomic E-state index is 5.90. The molecule has 2 N–H and O–H groups in total. The van der Waals surface area contributed by atoms with Crippen molar-refractivity contribution in [2.24, 2.45) is 11.7 Å². The molecule has 2 nitrogen and oxygen atoms in total. The van der Waals surface area contributed by atoms with Gasteiger partial charge in [0.15, 0.2) is 0 Å². The van der Waals surface area contributed by atoms with Crippen LogP contribution in [0.3, 0.4) is 0 Å². The van der Waals surface area contributed by atoms with Crippen LogP contribution >= 0.6 is 15.9 Å². The van der Waals surface area contributed by atoms with Crippen LogP contribution in [0.1, 0.15) is 38.3 Å². The summed E-state index contributed by atoms with van der Waals surface area (Å²) in [6, 6.07) is 6.59. The fourth-order valence-corrected chi connectivity index (χ4v) is 3.09. The molecule has 0 bridgehead atoms. The third kappa shape index (κ3) is 2.83. The van der Waals surface area contributed by atoms with E-state index in [9.17, 15) is 0 Å². The lowest BCUT2D eigenvalue weighted by atomic mass is 10.1. The van der Waals surface area contributed by atoms with Gasteiger partial charge in [0, 0.05) is 23.6 Å². The van der Waals surface area contributed by atoms with E-state index in [4.69, 9.17) is 5.73 Å². The summed E-state index contributed by atoms with van der Waals surface area (Å²) >= 11 is 3.67. The zero-order valence-electron chi connectivity index (χ0n) is 10.6. The molecule has 0 saturated carbocycles. The average Bonchev–Trinajstić information content (AvgIpc) is 2.77. The molecule has 0 radical (unpaired) electrons. The van der Waals surface area contributed by atoms with Gasteiger partial charge in [-0.2, -0.15) is 0 Å². The van der Waals surface area contributed by atoms with E-state index in [-0.39, 0.29) is 6.04 Å². The van der Waals surface area contributed by atoms with Gasteiger partial charge >= 0.3 is 0 Å². The Balaban J connectivity index is 2.17. The van der Waals surface area contributed by atoms with E-state index < -0.39 is 0 Å². The second-order valence-corrected chi connectivity index (χ2v) is 5.86. The molecule has 0 aromatic heterocycles. The molecular weight excluding hydrogens is 276 g/mol. The van der Waals surface area contributed by atoms with Crippen molar-refractivity contribution < 1.29 is 0 Å². The SMILES string of the molecule is CCC1CCN(c2ccc([C@H](C)N)cc2Br)C1. The van der Waals surface area contributed by atoms with Gasteiger partial charge in [0.05, 0.1) is 5.69 Å². The molecule has 0 aliphatic carbocycles. The molecule has 3 heteroatoms. The van der Waals surface area contributed by atoms with Crippen LogP contribution < -0.4 is 10.6 Å². The smallest absolute Gasteiger partial charge is 0.0510 e. The molecule has 1 aliphatic rings. The summed E-state index contributed by atoms with van der Waals surface area (Å²) < 4.78 is 1.17. The molecule has 2 atom stereocenters. The van der Waals surface area contributed by atoms with Crippen molar-refractivity contribution >= 4 is 21.6 Å². The van der Waals surface area contributed by atoms with E-state index in [1.165, 1.54) is 41.7 Å². The molecule has 1 saturated heterocycles. The summed E-state index contributed by atoms with van der Waals surface area (Å²) in [6.07, 6.45) is 2.60. The molecule has 1 unspecified atom stereocenters. The van der Waals surface area contributed by atoms with Crippen LogP contribution in [0, 0.1) is 5.92 Å². The van der Waals surface area contributed by atoms with E-state index in [1.54, 1.807) is 0 Å². The van der Waals surface area contributed by atoms with Gasteiger partial charge < -0.3 is 10.6 Å². The number of rotatable bonds is 3. The Morgan fingerprint density at radius 3 is 2.82 bits per heavy atom. The average molecular weight is 297 g/mol. The fourth-order valence-electron chi connectivity index (χ4n) is 2.45. The van der Waals surface area contributed by atoms with Gasteiger partial charge in [0.2, 0.25) is 0 Å². The molecule has 2 rings (SSSR count). The Labute approximate surface area is 112 Å². The summed E-state index contributed by atoms with van der Waals surface area (Å²) in [6.45, 7) is 6.66. The number of benzene rings is 1. The van der Waals surface area contributed by atoms with Crippen molar-refractivity contribution in [1.82, 2.24) is 0 Å². The minimum atomic E-state index is 0.0994. The number of nitrogens with zero attached hydrogens (tertiary/aromatic N) is 1. The van der Waals surface area contributed by atoms with Gasteiger partial charge in [-0.05, 0) is 52.9 Å².